The first kappa shape index (κ1) is 14.0. The van der Waals surface area contributed by atoms with Gasteiger partial charge in [-0.3, -0.25) is 5.43 Å². The molecular formula is C12H15N3O2S. The highest BCUT2D eigenvalue weighted by Gasteiger charge is 2.00. The van der Waals surface area contributed by atoms with Gasteiger partial charge in [0.05, 0.1) is 13.3 Å². The van der Waals surface area contributed by atoms with Crippen LogP contribution in [-0.4, -0.2) is 30.1 Å². The summed E-state index contributed by atoms with van der Waals surface area (Å²) in [6, 6.07) is 4.97. The van der Waals surface area contributed by atoms with Gasteiger partial charge < -0.3 is 15.2 Å². The second kappa shape index (κ2) is 7.29. The molecule has 0 aromatic heterocycles. The lowest BCUT2D eigenvalue weighted by atomic mass is 10.2. The van der Waals surface area contributed by atoms with Crippen LogP contribution in [0.5, 0.6) is 11.5 Å². The third-order valence-corrected chi connectivity index (χ3v) is 2.23. The Hall–Kier alpha value is -2.08. The van der Waals surface area contributed by atoms with Crippen molar-refractivity contribution in [3.8, 4) is 11.5 Å². The Morgan fingerprint density at radius 2 is 2.39 bits per heavy atom. The molecule has 96 valence electrons. The molecule has 3 N–H and O–H groups in total. The highest BCUT2D eigenvalue weighted by molar-refractivity contribution is 7.80. The first-order chi connectivity index (χ1) is 8.67. The van der Waals surface area contributed by atoms with Crippen molar-refractivity contribution in [1.82, 2.24) is 10.7 Å². The Balaban J connectivity index is 2.54. The van der Waals surface area contributed by atoms with Gasteiger partial charge in [-0.2, -0.15) is 5.10 Å². The summed E-state index contributed by atoms with van der Waals surface area (Å²) < 4.78 is 4.94. The Bertz CT molecular complexity index is 461. The average Bonchev–Trinajstić information content (AvgIpc) is 2.36. The summed E-state index contributed by atoms with van der Waals surface area (Å²) in [6.45, 7) is 4.13. The molecule has 0 unspecified atom stereocenters. The van der Waals surface area contributed by atoms with E-state index in [9.17, 15) is 5.11 Å². The number of hydrogen-bond acceptors (Lipinski definition) is 4. The van der Waals surface area contributed by atoms with Gasteiger partial charge in [0.2, 0.25) is 0 Å². The number of hydrogen-bond donors (Lipinski definition) is 3. The normalized spacial score (nSPS) is 10.1. The van der Waals surface area contributed by atoms with Gasteiger partial charge in [0, 0.05) is 6.54 Å². The molecule has 0 fully saturated rings. The minimum Gasteiger partial charge on any atom is -0.504 e. The van der Waals surface area contributed by atoms with Crippen LogP contribution in [-0.2, 0) is 0 Å². The molecule has 0 amide bonds. The number of rotatable bonds is 5. The Kier molecular flexibility index (Phi) is 5.66. The predicted octanol–water partition coefficient (Wildman–Crippen LogP) is 1.38. The molecule has 0 spiro atoms. The number of methoxy groups -OCH3 is 1. The van der Waals surface area contributed by atoms with Gasteiger partial charge >= 0.3 is 0 Å². The van der Waals surface area contributed by atoms with Crippen LogP contribution in [0.15, 0.2) is 36.0 Å². The maximum absolute atomic E-state index is 9.56. The fourth-order valence-corrected chi connectivity index (χ4v) is 1.29. The van der Waals surface area contributed by atoms with Crippen LogP contribution >= 0.6 is 12.2 Å². The molecule has 18 heavy (non-hydrogen) atoms. The van der Waals surface area contributed by atoms with E-state index in [1.54, 1.807) is 30.5 Å². The monoisotopic (exact) mass is 265 g/mol. The third kappa shape index (κ3) is 4.42. The molecular weight excluding hydrogens is 250 g/mol. The number of hydrazone groups is 1. The second-order valence-corrected chi connectivity index (χ2v) is 3.71. The van der Waals surface area contributed by atoms with E-state index in [1.807, 2.05) is 0 Å². The molecule has 0 radical (unpaired) electrons. The molecule has 0 atom stereocenters. The highest BCUT2D eigenvalue weighted by Crippen LogP contribution is 2.25. The van der Waals surface area contributed by atoms with Crippen molar-refractivity contribution in [3.63, 3.8) is 0 Å². The number of nitrogens with one attached hydrogen (secondary N) is 2. The fourth-order valence-electron chi connectivity index (χ4n) is 1.16. The van der Waals surface area contributed by atoms with E-state index in [4.69, 9.17) is 17.0 Å². The van der Waals surface area contributed by atoms with E-state index in [0.717, 1.165) is 5.56 Å². The van der Waals surface area contributed by atoms with Gasteiger partial charge in [0.1, 0.15) is 0 Å². The van der Waals surface area contributed by atoms with Crippen molar-refractivity contribution >= 4 is 23.5 Å². The molecule has 1 aromatic rings. The molecule has 1 aromatic carbocycles. The van der Waals surface area contributed by atoms with Gasteiger partial charge in [0.25, 0.3) is 0 Å². The van der Waals surface area contributed by atoms with Crippen molar-refractivity contribution < 1.29 is 9.84 Å². The van der Waals surface area contributed by atoms with E-state index in [1.165, 1.54) is 7.11 Å². The van der Waals surface area contributed by atoms with Gasteiger partial charge in [-0.25, -0.2) is 0 Å². The first-order valence-electron chi connectivity index (χ1n) is 5.22. The summed E-state index contributed by atoms with van der Waals surface area (Å²) in [7, 11) is 1.49. The zero-order valence-electron chi connectivity index (χ0n) is 10.0. The molecule has 5 nitrogen and oxygen atoms in total. The zero-order chi connectivity index (χ0) is 13.4. The maximum Gasteiger partial charge on any atom is 0.187 e. The van der Waals surface area contributed by atoms with Crippen molar-refractivity contribution in [1.29, 1.82) is 0 Å². The highest BCUT2D eigenvalue weighted by atomic mass is 32.1. The molecule has 1 rings (SSSR count). The Morgan fingerprint density at radius 3 is 3.00 bits per heavy atom. The quantitative estimate of drug-likeness (QED) is 0.325. The van der Waals surface area contributed by atoms with Crippen molar-refractivity contribution in [2.45, 2.75) is 0 Å². The van der Waals surface area contributed by atoms with Crippen molar-refractivity contribution in [2.75, 3.05) is 13.7 Å². The zero-order valence-corrected chi connectivity index (χ0v) is 10.8. The van der Waals surface area contributed by atoms with E-state index in [2.05, 4.69) is 22.4 Å². The first-order valence-corrected chi connectivity index (χ1v) is 5.63. The van der Waals surface area contributed by atoms with Crippen LogP contribution in [0.4, 0.5) is 0 Å². The molecule has 0 aliphatic heterocycles. The molecule has 0 aliphatic carbocycles. The lowest BCUT2D eigenvalue weighted by molar-refractivity contribution is 0.373. The fraction of sp³-hybridized carbons (Fsp3) is 0.167. The third-order valence-electron chi connectivity index (χ3n) is 1.99. The van der Waals surface area contributed by atoms with Crippen LogP contribution in [0.1, 0.15) is 5.56 Å². The minimum absolute atomic E-state index is 0.0637. The topological polar surface area (TPSA) is 65.9 Å². The summed E-state index contributed by atoms with van der Waals surface area (Å²) in [5.41, 5.74) is 3.37. The summed E-state index contributed by atoms with van der Waals surface area (Å²) in [5.74, 6) is 0.483. The van der Waals surface area contributed by atoms with Crippen LogP contribution < -0.4 is 15.5 Å². The van der Waals surface area contributed by atoms with E-state index >= 15 is 0 Å². The van der Waals surface area contributed by atoms with Crippen LogP contribution in [0.25, 0.3) is 0 Å². The summed E-state index contributed by atoms with van der Waals surface area (Å²) in [4.78, 5) is 0. The summed E-state index contributed by atoms with van der Waals surface area (Å²) in [6.07, 6.45) is 3.24. The van der Waals surface area contributed by atoms with Gasteiger partial charge in [-0.1, -0.05) is 6.08 Å². The van der Waals surface area contributed by atoms with Crippen LogP contribution in [0.3, 0.4) is 0 Å². The molecule has 6 heteroatoms. The van der Waals surface area contributed by atoms with E-state index < -0.39 is 0 Å². The molecule has 0 saturated heterocycles. The standard InChI is InChI=1S/C12H15N3O2S/c1-3-6-13-12(18)15-14-8-9-4-5-11(17-2)10(16)7-9/h3-5,7-8,16H,1,6H2,2H3,(H2,13,15,18)/b14-8-. The van der Waals surface area contributed by atoms with Gasteiger partial charge in [0.15, 0.2) is 16.6 Å². The number of ether oxygens (including phenoxy) is 1. The Labute approximate surface area is 111 Å². The number of nitrogens with zero attached hydrogens (tertiary/aromatic N) is 1. The molecule has 0 saturated carbocycles. The van der Waals surface area contributed by atoms with Crippen molar-refractivity contribution in [3.05, 3.63) is 36.4 Å². The molecule has 0 bridgehead atoms. The van der Waals surface area contributed by atoms with Crippen LogP contribution in [0.2, 0.25) is 0 Å². The smallest absolute Gasteiger partial charge is 0.187 e. The van der Waals surface area contributed by atoms with Gasteiger partial charge in [-0.05, 0) is 36.0 Å². The lowest BCUT2D eigenvalue weighted by Crippen LogP contribution is -2.31. The molecule has 0 heterocycles. The minimum atomic E-state index is 0.0637. The number of thiocarbonyl (C=S) groups is 1. The van der Waals surface area contributed by atoms with E-state index in [0.29, 0.717) is 17.4 Å². The second-order valence-electron chi connectivity index (χ2n) is 3.30. The maximum atomic E-state index is 9.56. The SMILES string of the molecule is C=CCNC(=S)N/N=C\c1ccc(OC)c(O)c1. The summed E-state index contributed by atoms with van der Waals surface area (Å²) in [5, 5.41) is 16.8. The number of aromatic hydroxyl groups is 1. The lowest BCUT2D eigenvalue weighted by Gasteiger charge is -2.04. The molecule has 0 aliphatic rings. The number of benzene rings is 1. The van der Waals surface area contributed by atoms with E-state index in [-0.39, 0.29) is 5.75 Å². The average molecular weight is 265 g/mol. The number of phenolic OH excluding ortho intramolecular Hbond substituents is 1. The largest absolute Gasteiger partial charge is 0.504 e. The predicted molar refractivity (Wildman–Crippen MR) is 76.2 cm³/mol. The van der Waals surface area contributed by atoms with Crippen molar-refractivity contribution in [2.24, 2.45) is 5.10 Å². The number of phenols is 1. The Morgan fingerprint density at radius 1 is 1.61 bits per heavy atom. The summed E-state index contributed by atoms with van der Waals surface area (Å²) >= 11 is 4.95. The van der Waals surface area contributed by atoms with Gasteiger partial charge in [-0.15, -0.1) is 6.58 Å². The van der Waals surface area contributed by atoms with Crippen LogP contribution in [0, 0.1) is 0 Å².